The van der Waals surface area contributed by atoms with Gasteiger partial charge in [0.1, 0.15) is 5.76 Å². The summed E-state index contributed by atoms with van der Waals surface area (Å²) in [6.07, 6.45) is 0.330. The number of amides is 1. The van der Waals surface area contributed by atoms with Gasteiger partial charge in [-0.15, -0.1) is 0 Å². The molecular weight excluding hydrogens is 310 g/mol. The Bertz CT molecular complexity index is 638. The molecule has 0 saturated carbocycles. The van der Waals surface area contributed by atoms with Gasteiger partial charge in [-0.1, -0.05) is 23.4 Å². The van der Waals surface area contributed by atoms with Gasteiger partial charge < -0.3 is 15.5 Å². The topological polar surface area (TPSA) is 81.2 Å². The van der Waals surface area contributed by atoms with Gasteiger partial charge in [0.15, 0.2) is 0 Å². The highest BCUT2D eigenvalue weighted by Gasteiger charge is 2.09. The summed E-state index contributed by atoms with van der Waals surface area (Å²) >= 11 is 7.28. The number of thioether (sulfide) groups is 1. The fourth-order valence-electron chi connectivity index (χ4n) is 1.59. The summed E-state index contributed by atoms with van der Waals surface area (Å²) in [7, 11) is 0. The quantitative estimate of drug-likeness (QED) is 0.648. The molecule has 0 spiro atoms. The number of oxazole rings is 1. The van der Waals surface area contributed by atoms with Crippen molar-refractivity contribution in [1.82, 2.24) is 4.98 Å². The van der Waals surface area contributed by atoms with Crippen LogP contribution < -0.4 is 11.1 Å². The number of benzene rings is 1. The molecule has 2 aromatic rings. The molecule has 0 aliphatic rings. The van der Waals surface area contributed by atoms with Crippen LogP contribution in [-0.4, -0.2) is 16.6 Å². The van der Waals surface area contributed by atoms with Crippen LogP contribution in [0.1, 0.15) is 17.9 Å². The van der Waals surface area contributed by atoms with Crippen molar-refractivity contribution in [3.05, 3.63) is 34.7 Å². The number of hydrogen-bond donors (Lipinski definition) is 2. The monoisotopic (exact) mass is 325 g/mol. The normalized spacial score (nSPS) is 10.6. The lowest BCUT2D eigenvalue weighted by Gasteiger charge is -2.08. The fourth-order valence-corrected chi connectivity index (χ4v) is 2.61. The molecule has 3 N–H and O–H groups in total. The predicted octanol–water partition coefficient (Wildman–Crippen LogP) is 3.65. The standard InChI is InChI=1S/C14H16ClN3O2S/c1-8-9(2)20-14(17-8)21-6-5-13(19)18-12-7-10(15)3-4-11(12)16/h3-4,7H,5-6,16H2,1-2H3,(H,18,19). The van der Waals surface area contributed by atoms with Crippen LogP contribution in [0, 0.1) is 13.8 Å². The minimum absolute atomic E-state index is 0.128. The average Bonchev–Trinajstić information content (AvgIpc) is 2.73. The van der Waals surface area contributed by atoms with Crippen molar-refractivity contribution in [2.24, 2.45) is 0 Å². The van der Waals surface area contributed by atoms with Crippen LogP contribution in [0.25, 0.3) is 0 Å². The molecule has 1 aromatic heterocycles. The number of aromatic nitrogens is 1. The van der Waals surface area contributed by atoms with Crippen LogP contribution in [0.15, 0.2) is 27.8 Å². The van der Waals surface area contributed by atoms with Crippen LogP contribution in [-0.2, 0) is 4.79 Å². The first-order chi connectivity index (χ1) is 9.95. The molecule has 5 nitrogen and oxygen atoms in total. The zero-order valence-electron chi connectivity index (χ0n) is 11.8. The van der Waals surface area contributed by atoms with E-state index in [-0.39, 0.29) is 5.91 Å². The number of nitrogen functional groups attached to an aromatic ring is 1. The second kappa shape index (κ2) is 6.87. The Morgan fingerprint density at radius 1 is 1.48 bits per heavy atom. The van der Waals surface area contributed by atoms with Gasteiger partial charge in [-0.05, 0) is 32.0 Å². The number of nitrogens with one attached hydrogen (secondary N) is 1. The molecule has 21 heavy (non-hydrogen) atoms. The number of halogens is 1. The second-order valence-electron chi connectivity index (χ2n) is 4.50. The van der Waals surface area contributed by atoms with Crippen LogP contribution in [0.4, 0.5) is 11.4 Å². The molecule has 0 aliphatic heterocycles. The van der Waals surface area contributed by atoms with E-state index >= 15 is 0 Å². The molecule has 7 heteroatoms. The van der Waals surface area contributed by atoms with Crippen molar-refractivity contribution >= 4 is 40.6 Å². The maximum absolute atomic E-state index is 11.9. The van der Waals surface area contributed by atoms with Crippen LogP contribution in [0.3, 0.4) is 0 Å². The Hall–Kier alpha value is -1.66. The number of aryl methyl sites for hydroxylation is 2. The molecule has 1 amide bonds. The van der Waals surface area contributed by atoms with Gasteiger partial charge in [-0.25, -0.2) is 4.98 Å². The highest BCUT2D eigenvalue weighted by molar-refractivity contribution is 7.99. The molecule has 0 radical (unpaired) electrons. The van der Waals surface area contributed by atoms with E-state index in [0.717, 1.165) is 11.5 Å². The third kappa shape index (κ3) is 4.41. The van der Waals surface area contributed by atoms with Crippen molar-refractivity contribution in [2.75, 3.05) is 16.8 Å². The third-order valence-corrected chi connectivity index (χ3v) is 3.92. The van der Waals surface area contributed by atoms with Crippen molar-refractivity contribution in [2.45, 2.75) is 25.5 Å². The zero-order chi connectivity index (χ0) is 15.4. The maximum Gasteiger partial charge on any atom is 0.256 e. The molecule has 0 fully saturated rings. The Balaban J connectivity index is 1.83. The number of hydrogen-bond acceptors (Lipinski definition) is 5. The first-order valence-corrected chi connectivity index (χ1v) is 7.74. The van der Waals surface area contributed by atoms with E-state index in [1.165, 1.54) is 11.8 Å². The summed E-state index contributed by atoms with van der Waals surface area (Å²) < 4.78 is 5.43. The van der Waals surface area contributed by atoms with E-state index in [4.69, 9.17) is 21.8 Å². The van der Waals surface area contributed by atoms with E-state index in [0.29, 0.717) is 33.8 Å². The smallest absolute Gasteiger partial charge is 0.256 e. The summed E-state index contributed by atoms with van der Waals surface area (Å²) in [6, 6.07) is 4.96. The summed E-state index contributed by atoms with van der Waals surface area (Å²) in [5.41, 5.74) is 7.66. The van der Waals surface area contributed by atoms with Crippen LogP contribution >= 0.6 is 23.4 Å². The number of carbonyl (C=O) groups excluding carboxylic acids is 1. The minimum Gasteiger partial charge on any atom is -0.437 e. The number of nitrogens with two attached hydrogens (primary N) is 1. The van der Waals surface area contributed by atoms with Crippen molar-refractivity contribution in [1.29, 1.82) is 0 Å². The first kappa shape index (κ1) is 15.7. The predicted molar refractivity (Wildman–Crippen MR) is 85.8 cm³/mol. The average molecular weight is 326 g/mol. The SMILES string of the molecule is Cc1nc(SCCC(=O)Nc2cc(Cl)ccc2N)oc1C. The highest BCUT2D eigenvalue weighted by Crippen LogP contribution is 2.24. The second-order valence-corrected chi connectivity index (χ2v) is 5.98. The molecule has 0 unspecified atom stereocenters. The number of carbonyl (C=O) groups is 1. The molecule has 1 heterocycles. The molecule has 112 valence electrons. The van der Waals surface area contributed by atoms with Gasteiger partial charge in [0.2, 0.25) is 5.91 Å². The van der Waals surface area contributed by atoms with E-state index in [2.05, 4.69) is 10.3 Å². The summed E-state index contributed by atoms with van der Waals surface area (Å²) in [4.78, 5) is 16.1. The molecule has 0 aliphatic carbocycles. The molecule has 0 saturated heterocycles. The number of anilines is 2. The minimum atomic E-state index is -0.128. The lowest BCUT2D eigenvalue weighted by Crippen LogP contribution is -2.13. The Morgan fingerprint density at radius 2 is 2.24 bits per heavy atom. The molecule has 1 aromatic carbocycles. The Kier molecular flexibility index (Phi) is 5.14. The van der Waals surface area contributed by atoms with Gasteiger partial charge in [0, 0.05) is 17.2 Å². The summed E-state index contributed by atoms with van der Waals surface area (Å²) in [5, 5.41) is 3.85. The lowest BCUT2D eigenvalue weighted by atomic mass is 10.2. The number of rotatable bonds is 5. The van der Waals surface area contributed by atoms with Gasteiger partial charge in [0.05, 0.1) is 17.1 Å². The van der Waals surface area contributed by atoms with Gasteiger partial charge in [-0.3, -0.25) is 4.79 Å². The van der Waals surface area contributed by atoms with E-state index < -0.39 is 0 Å². The summed E-state index contributed by atoms with van der Waals surface area (Å²) in [6.45, 7) is 3.75. The highest BCUT2D eigenvalue weighted by atomic mass is 35.5. The van der Waals surface area contributed by atoms with E-state index in [1.54, 1.807) is 18.2 Å². The van der Waals surface area contributed by atoms with Crippen molar-refractivity contribution < 1.29 is 9.21 Å². The Morgan fingerprint density at radius 3 is 2.90 bits per heavy atom. The third-order valence-electron chi connectivity index (χ3n) is 2.85. The molecule has 0 atom stereocenters. The lowest BCUT2D eigenvalue weighted by molar-refractivity contribution is -0.115. The summed E-state index contributed by atoms with van der Waals surface area (Å²) in [5.74, 6) is 1.25. The van der Waals surface area contributed by atoms with E-state index in [1.807, 2.05) is 13.8 Å². The van der Waals surface area contributed by atoms with Crippen molar-refractivity contribution in [3.8, 4) is 0 Å². The molecular formula is C14H16ClN3O2S. The van der Waals surface area contributed by atoms with Crippen LogP contribution in [0.5, 0.6) is 0 Å². The van der Waals surface area contributed by atoms with E-state index in [9.17, 15) is 4.79 Å². The maximum atomic E-state index is 11.9. The molecule has 2 rings (SSSR count). The zero-order valence-corrected chi connectivity index (χ0v) is 13.3. The van der Waals surface area contributed by atoms with Gasteiger partial charge >= 0.3 is 0 Å². The van der Waals surface area contributed by atoms with Crippen molar-refractivity contribution in [3.63, 3.8) is 0 Å². The van der Waals surface area contributed by atoms with Crippen LogP contribution in [0.2, 0.25) is 5.02 Å². The van der Waals surface area contributed by atoms with Gasteiger partial charge in [0.25, 0.3) is 5.22 Å². The number of nitrogens with zero attached hydrogens (tertiary/aromatic N) is 1. The first-order valence-electron chi connectivity index (χ1n) is 6.37. The molecule has 0 bridgehead atoms. The fraction of sp³-hybridized carbons (Fsp3) is 0.286. The Labute approximate surface area is 132 Å². The van der Waals surface area contributed by atoms with Gasteiger partial charge in [-0.2, -0.15) is 0 Å². The largest absolute Gasteiger partial charge is 0.437 e.